The van der Waals surface area contributed by atoms with E-state index in [0.717, 1.165) is 6.42 Å². The quantitative estimate of drug-likeness (QED) is 0.667. The van der Waals surface area contributed by atoms with Gasteiger partial charge in [-0.05, 0) is 33.1 Å². The topological polar surface area (TPSA) is 69.9 Å². The first-order chi connectivity index (χ1) is 7.21. The Morgan fingerprint density at radius 1 is 1.50 bits per heavy atom. The highest BCUT2D eigenvalue weighted by atomic mass is 16.5. The highest BCUT2D eigenvalue weighted by Gasteiger charge is 2.49. The molecule has 0 spiro atoms. The fourth-order valence-electron chi connectivity index (χ4n) is 2.59. The van der Waals surface area contributed by atoms with Crippen LogP contribution in [0.5, 0.6) is 0 Å². The van der Waals surface area contributed by atoms with Gasteiger partial charge in [-0.3, -0.25) is 0 Å². The van der Waals surface area contributed by atoms with Gasteiger partial charge in [-0.1, -0.05) is 6.92 Å². The van der Waals surface area contributed by atoms with Crippen LogP contribution in [-0.4, -0.2) is 45.3 Å². The van der Waals surface area contributed by atoms with Gasteiger partial charge in [-0.2, -0.15) is 0 Å². The summed E-state index contributed by atoms with van der Waals surface area (Å²) in [6, 6.07) is 0. The second-order valence-electron chi connectivity index (χ2n) is 5.68. The lowest BCUT2D eigenvalue weighted by Crippen LogP contribution is -2.48. The van der Waals surface area contributed by atoms with Crippen LogP contribution < -0.4 is 0 Å². The average molecular weight is 232 g/mol. The van der Waals surface area contributed by atoms with Crippen LogP contribution in [0.25, 0.3) is 0 Å². The first-order valence-corrected chi connectivity index (χ1v) is 5.90. The first-order valence-electron chi connectivity index (χ1n) is 5.90. The minimum atomic E-state index is -0.865. The third-order valence-corrected chi connectivity index (χ3v) is 3.52. The lowest BCUT2D eigenvalue weighted by atomic mass is 9.84. The number of aliphatic hydroxyl groups is 3. The van der Waals surface area contributed by atoms with Crippen LogP contribution in [0.3, 0.4) is 0 Å². The van der Waals surface area contributed by atoms with E-state index in [1.807, 2.05) is 6.92 Å². The van der Waals surface area contributed by atoms with Gasteiger partial charge in [0.2, 0.25) is 0 Å². The smallest absolute Gasteiger partial charge is 0.120 e. The van der Waals surface area contributed by atoms with Gasteiger partial charge < -0.3 is 20.1 Å². The molecule has 4 unspecified atom stereocenters. The van der Waals surface area contributed by atoms with Crippen LogP contribution in [0.2, 0.25) is 0 Å². The zero-order chi connectivity index (χ0) is 12.6. The van der Waals surface area contributed by atoms with E-state index in [9.17, 15) is 15.3 Å². The molecule has 0 saturated carbocycles. The van der Waals surface area contributed by atoms with E-state index in [-0.39, 0.29) is 18.6 Å². The Balaban J connectivity index is 2.72. The second-order valence-corrected chi connectivity index (χ2v) is 5.68. The maximum atomic E-state index is 9.74. The van der Waals surface area contributed by atoms with Crippen molar-refractivity contribution in [1.29, 1.82) is 0 Å². The first kappa shape index (κ1) is 13.9. The zero-order valence-corrected chi connectivity index (χ0v) is 10.6. The van der Waals surface area contributed by atoms with Crippen molar-refractivity contribution in [3.8, 4) is 0 Å². The van der Waals surface area contributed by atoms with Gasteiger partial charge in [0.15, 0.2) is 0 Å². The molecule has 1 saturated heterocycles. The van der Waals surface area contributed by atoms with Crippen LogP contribution in [0.1, 0.15) is 40.5 Å². The molecule has 1 aliphatic heterocycles. The molecule has 0 radical (unpaired) electrons. The van der Waals surface area contributed by atoms with Gasteiger partial charge >= 0.3 is 0 Å². The van der Waals surface area contributed by atoms with E-state index in [1.165, 1.54) is 0 Å². The summed E-state index contributed by atoms with van der Waals surface area (Å²) in [5, 5.41) is 28.9. The third kappa shape index (κ3) is 2.74. The van der Waals surface area contributed by atoms with Crippen molar-refractivity contribution in [3.63, 3.8) is 0 Å². The number of rotatable bonds is 4. The Morgan fingerprint density at radius 3 is 2.38 bits per heavy atom. The summed E-state index contributed by atoms with van der Waals surface area (Å²) in [6.07, 6.45) is 0.470. The Labute approximate surface area is 97.2 Å². The van der Waals surface area contributed by atoms with E-state index in [4.69, 9.17) is 4.74 Å². The summed E-state index contributed by atoms with van der Waals surface area (Å²) < 4.78 is 5.79. The highest BCUT2D eigenvalue weighted by Crippen LogP contribution is 2.40. The van der Waals surface area contributed by atoms with Crippen LogP contribution in [-0.2, 0) is 4.74 Å². The van der Waals surface area contributed by atoms with E-state index in [2.05, 4.69) is 0 Å². The molecule has 0 amide bonds. The van der Waals surface area contributed by atoms with Gasteiger partial charge in [0.05, 0.1) is 24.4 Å². The molecule has 0 aromatic heterocycles. The van der Waals surface area contributed by atoms with Gasteiger partial charge in [0.1, 0.15) is 5.60 Å². The van der Waals surface area contributed by atoms with E-state index in [0.29, 0.717) is 6.42 Å². The van der Waals surface area contributed by atoms with Gasteiger partial charge in [0, 0.05) is 6.42 Å². The molecular weight excluding hydrogens is 208 g/mol. The van der Waals surface area contributed by atoms with E-state index >= 15 is 0 Å². The normalized spacial score (nSPS) is 37.7. The molecule has 1 rings (SSSR count). The van der Waals surface area contributed by atoms with Crippen molar-refractivity contribution in [2.75, 3.05) is 6.61 Å². The molecule has 4 nitrogen and oxygen atoms in total. The summed E-state index contributed by atoms with van der Waals surface area (Å²) in [7, 11) is 0. The average Bonchev–Trinajstić information content (AvgIpc) is 2.39. The van der Waals surface area contributed by atoms with Crippen LogP contribution in [0, 0.1) is 5.92 Å². The Kier molecular flexibility index (Phi) is 4.00. The second kappa shape index (κ2) is 4.61. The minimum Gasteiger partial charge on any atom is -0.393 e. The summed E-state index contributed by atoms with van der Waals surface area (Å²) in [4.78, 5) is 0. The lowest BCUT2D eigenvalue weighted by Gasteiger charge is -2.34. The molecule has 0 aromatic rings. The molecule has 4 atom stereocenters. The van der Waals surface area contributed by atoms with Gasteiger partial charge in [-0.15, -0.1) is 0 Å². The largest absolute Gasteiger partial charge is 0.393 e. The van der Waals surface area contributed by atoms with Crippen molar-refractivity contribution in [2.24, 2.45) is 5.92 Å². The molecule has 0 aliphatic carbocycles. The molecule has 4 heteroatoms. The predicted octanol–water partition coefficient (Wildman–Crippen LogP) is 0.684. The maximum Gasteiger partial charge on any atom is 0.120 e. The number of aliphatic hydroxyl groups excluding tert-OH is 2. The molecular formula is C12H24O4. The molecule has 3 N–H and O–H groups in total. The maximum absolute atomic E-state index is 9.74. The van der Waals surface area contributed by atoms with Crippen molar-refractivity contribution >= 4 is 0 Å². The van der Waals surface area contributed by atoms with E-state index < -0.39 is 17.3 Å². The minimum absolute atomic E-state index is 0.0878. The molecule has 0 aromatic carbocycles. The highest BCUT2D eigenvalue weighted by molar-refractivity contribution is 4.98. The lowest BCUT2D eigenvalue weighted by molar-refractivity contribution is -0.156. The van der Waals surface area contributed by atoms with Crippen molar-refractivity contribution in [1.82, 2.24) is 0 Å². The molecule has 16 heavy (non-hydrogen) atoms. The molecule has 0 bridgehead atoms. The Hall–Kier alpha value is -0.160. The van der Waals surface area contributed by atoms with Gasteiger partial charge in [-0.25, -0.2) is 0 Å². The Morgan fingerprint density at radius 2 is 2.06 bits per heavy atom. The monoisotopic (exact) mass is 232 g/mol. The SMILES string of the molecule is CC(O)C1(CO)OC(CC(C)(C)O)CC1C. The van der Waals surface area contributed by atoms with Crippen molar-refractivity contribution < 1.29 is 20.1 Å². The fourth-order valence-corrected chi connectivity index (χ4v) is 2.59. The molecule has 1 aliphatic rings. The van der Waals surface area contributed by atoms with Gasteiger partial charge in [0.25, 0.3) is 0 Å². The summed E-state index contributed by atoms with van der Waals surface area (Å²) in [5.74, 6) is 0.0878. The van der Waals surface area contributed by atoms with Crippen LogP contribution in [0.15, 0.2) is 0 Å². The predicted molar refractivity (Wildman–Crippen MR) is 61.1 cm³/mol. The van der Waals surface area contributed by atoms with Crippen molar-refractivity contribution in [3.05, 3.63) is 0 Å². The van der Waals surface area contributed by atoms with Crippen LogP contribution >= 0.6 is 0 Å². The number of hydrogen-bond acceptors (Lipinski definition) is 4. The fraction of sp³-hybridized carbons (Fsp3) is 1.00. The summed E-state index contributed by atoms with van der Waals surface area (Å²) in [6.45, 7) is 6.89. The zero-order valence-electron chi connectivity index (χ0n) is 10.6. The molecule has 1 heterocycles. The molecule has 96 valence electrons. The summed E-state index contributed by atoms with van der Waals surface area (Å²) >= 11 is 0. The number of ether oxygens (including phenoxy) is 1. The van der Waals surface area contributed by atoms with Crippen molar-refractivity contribution in [2.45, 2.75) is 63.9 Å². The Bertz CT molecular complexity index is 234. The van der Waals surface area contributed by atoms with E-state index in [1.54, 1.807) is 20.8 Å². The summed E-state index contributed by atoms with van der Waals surface area (Å²) in [5.41, 5.74) is -1.65. The molecule has 1 fully saturated rings. The number of hydrogen-bond donors (Lipinski definition) is 3. The standard InChI is InChI=1S/C12H24O4/c1-8-5-10(6-11(3,4)15)16-12(8,7-13)9(2)14/h8-10,13-15H,5-7H2,1-4H3. The third-order valence-electron chi connectivity index (χ3n) is 3.52. The van der Waals surface area contributed by atoms with Crippen LogP contribution in [0.4, 0.5) is 0 Å².